The maximum absolute atomic E-state index is 6.25. The van der Waals surface area contributed by atoms with Crippen LogP contribution in [0.1, 0.15) is 35.1 Å². The van der Waals surface area contributed by atoms with Gasteiger partial charge in [-0.05, 0) is 41.4 Å². The third-order valence-corrected chi connectivity index (χ3v) is 6.20. The maximum atomic E-state index is 6.25. The molecule has 4 aromatic rings. The summed E-state index contributed by atoms with van der Waals surface area (Å²) in [6.45, 7) is 4.03. The van der Waals surface area contributed by atoms with Gasteiger partial charge in [0.2, 0.25) is 4.96 Å². The lowest BCUT2D eigenvalue weighted by Crippen LogP contribution is -2.08. The number of hydrogen-bond donors (Lipinski definition) is 0. The average Bonchev–Trinajstić information content (AvgIpc) is 3.26. The molecule has 25 heavy (non-hydrogen) atoms. The van der Waals surface area contributed by atoms with E-state index >= 15 is 0 Å². The van der Waals surface area contributed by atoms with Crippen molar-refractivity contribution in [3.8, 4) is 0 Å². The van der Waals surface area contributed by atoms with Gasteiger partial charge in [-0.2, -0.15) is 14.7 Å². The molecule has 3 aromatic heterocycles. The Labute approximate surface area is 161 Å². The summed E-state index contributed by atoms with van der Waals surface area (Å²) in [5.41, 5.74) is 1.96. The van der Waals surface area contributed by atoms with Crippen molar-refractivity contribution in [3.63, 3.8) is 0 Å². The maximum Gasteiger partial charge on any atom is 0.234 e. The summed E-state index contributed by atoms with van der Waals surface area (Å²) in [6.07, 6.45) is 2.55. The minimum absolute atomic E-state index is 0.0184. The van der Waals surface area contributed by atoms with Crippen molar-refractivity contribution in [2.75, 3.05) is 0 Å². The third-order valence-electron chi connectivity index (χ3n) is 3.99. The topological polar surface area (TPSA) is 60.9 Å². The number of aryl methyl sites for hydroxylation is 1. The molecule has 1 atom stereocenters. The van der Waals surface area contributed by atoms with E-state index in [1.165, 1.54) is 11.3 Å². The van der Waals surface area contributed by atoms with Crippen LogP contribution in [0.15, 0.2) is 34.9 Å². The van der Waals surface area contributed by atoms with Crippen LogP contribution in [0.5, 0.6) is 0 Å². The minimum Gasteiger partial charge on any atom is -0.262 e. The first-order valence-corrected chi connectivity index (χ1v) is 9.67. The van der Waals surface area contributed by atoms with Gasteiger partial charge in [-0.15, -0.1) is 10.2 Å². The van der Waals surface area contributed by atoms with Gasteiger partial charge in [-0.25, -0.2) is 0 Å². The first-order chi connectivity index (χ1) is 12.0. The van der Waals surface area contributed by atoms with E-state index in [0.717, 1.165) is 36.5 Å². The summed E-state index contributed by atoms with van der Waals surface area (Å²) in [5.74, 6) is 0.774. The molecule has 0 aliphatic carbocycles. The summed E-state index contributed by atoms with van der Waals surface area (Å²) >= 11 is 11.3. The Morgan fingerprint density at radius 3 is 2.76 bits per heavy atom. The molecule has 0 fully saturated rings. The highest BCUT2D eigenvalue weighted by Gasteiger charge is 2.19. The highest BCUT2D eigenvalue weighted by atomic mass is 79.9. The van der Waals surface area contributed by atoms with Gasteiger partial charge in [0.05, 0.1) is 10.2 Å². The third kappa shape index (κ3) is 3.09. The van der Waals surface area contributed by atoms with Crippen LogP contribution < -0.4 is 0 Å². The van der Waals surface area contributed by atoms with Crippen molar-refractivity contribution < 1.29 is 0 Å². The van der Waals surface area contributed by atoms with Gasteiger partial charge >= 0.3 is 0 Å². The van der Waals surface area contributed by atoms with Gasteiger partial charge in [0, 0.05) is 17.6 Å². The molecule has 3 heterocycles. The van der Waals surface area contributed by atoms with Crippen LogP contribution in [-0.2, 0) is 6.42 Å². The Morgan fingerprint density at radius 2 is 2.04 bits per heavy atom. The van der Waals surface area contributed by atoms with Gasteiger partial charge in [0.1, 0.15) is 11.0 Å². The second-order valence-corrected chi connectivity index (χ2v) is 7.99. The molecule has 0 aliphatic heterocycles. The van der Waals surface area contributed by atoms with E-state index in [-0.39, 0.29) is 6.04 Å². The zero-order valence-electron chi connectivity index (χ0n) is 13.5. The Bertz CT molecular complexity index is 1030. The van der Waals surface area contributed by atoms with Crippen LogP contribution in [0.25, 0.3) is 4.96 Å². The van der Waals surface area contributed by atoms with Gasteiger partial charge in [0.15, 0.2) is 5.82 Å². The fourth-order valence-electron chi connectivity index (χ4n) is 2.53. The van der Waals surface area contributed by atoms with Gasteiger partial charge in [-0.1, -0.05) is 41.1 Å². The fraction of sp³-hybridized carbons (Fsp3) is 0.250. The molecule has 1 aromatic carbocycles. The van der Waals surface area contributed by atoms with E-state index in [1.54, 1.807) is 4.52 Å². The molecule has 4 rings (SSSR count). The van der Waals surface area contributed by atoms with Crippen LogP contribution >= 0.6 is 38.9 Å². The summed E-state index contributed by atoms with van der Waals surface area (Å²) in [4.78, 5) is 0.770. The Balaban J connectivity index is 1.67. The van der Waals surface area contributed by atoms with Crippen LogP contribution in [0.3, 0.4) is 0 Å². The fourth-order valence-corrected chi connectivity index (χ4v) is 3.93. The average molecular weight is 438 g/mol. The first kappa shape index (κ1) is 16.7. The second kappa shape index (κ2) is 6.51. The number of rotatable bonds is 4. The molecule has 0 saturated heterocycles. The monoisotopic (exact) mass is 436 g/mol. The summed E-state index contributed by atoms with van der Waals surface area (Å²) in [6, 6.07) is 7.76. The lowest BCUT2D eigenvalue weighted by Gasteiger charge is -2.07. The smallest absolute Gasteiger partial charge is 0.234 e. The number of aromatic nitrogens is 6. The molecule has 0 bridgehead atoms. The normalized spacial score (nSPS) is 12.8. The number of fused-ring (bicyclic) bond motifs is 1. The number of benzene rings is 1. The number of hydrogen-bond acceptors (Lipinski definition) is 5. The molecule has 1 unspecified atom stereocenters. The Morgan fingerprint density at radius 1 is 1.24 bits per heavy atom. The molecule has 6 nitrogen and oxygen atoms in total. The van der Waals surface area contributed by atoms with Crippen molar-refractivity contribution in [1.29, 1.82) is 0 Å². The highest BCUT2D eigenvalue weighted by molar-refractivity contribution is 9.10. The van der Waals surface area contributed by atoms with Crippen LogP contribution in [0.4, 0.5) is 0 Å². The Hall–Kier alpha value is -1.77. The molecule has 9 heteroatoms. The van der Waals surface area contributed by atoms with Crippen LogP contribution in [0, 0.1) is 6.92 Å². The van der Waals surface area contributed by atoms with Crippen molar-refractivity contribution in [2.24, 2.45) is 0 Å². The van der Waals surface area contributed by atoms with E-state index in [4.69, 9.17) is 16.7 Å². The summed E-state index contributed by atoms with van der Waals surface area (Å²) in [5, 5.41) is 19.4. The molecular formula is C16H14BrClN6S. The quantitative estimate of drug-likeness (QED) is 0.477. The first-order valence-electron chi connectivity index (χ1n) is 7.68. The molecule has 0 aliphatic rings. The molecule has 0 N–H and O–H groups in total. The van der Waals surface area contributed by atoms with E-state index in [9.17, 15) is 0 Å². The molecule has 0 amide bonds. The molecular weight excluding hydrogens is 424 g/mol. The number of halogens is 2. The summed E-state index contributed by atoms with van der Waals surface area (Å²) in [7, 11) is 0. The van der Waals surface area contributed by atoms with Crippen molar-refractivity contribution in [2.45, 2.75) is 26.3 Å². The Kier molecular flexibility index (Phi) is 4.35. The van der Waals surface area contributed by atoms with Crippen molar-refractivity contribution in [3.05, 3.63) is 62.0 Å². The van der Waals surface area contributed by atoms with E-state index in [2.05, 4.69) is 38.1 Å². The van der Waals surface area contributed by atoms with Gasteiger partial charge < -0.3 is 0 Å². The van der Waals surface area contributed by atoms with E-state index in [0.29, 0.717) is 6.42 Å². The van der Waals surface area contributed by atoms with Crippen LogP contribution in [-0.4, -0.2) is 29.6 Å². The molecule has 0 saturated carbocycles. The minimum atomic E-state index is 0.0184. The zero-order valence-corrected chi connectivity index (χ0v) is 16.7. The van der Waals surface area contributed by atoms with E-state index < -0.39 is 0 Å². The highest BCUT2D eigenvalue weighted by Crippen LogP contribution is 2.26. The second-order valence-electron chi connectivity index (χ2n) is 5.74. The SMILES string of the molecule is Cc1nn(C(C)c2nn3c(Cc4ccccc4Cl)nnc3s2)cc1Br. The standard InChI is InChI=1S/C16H14BrClN6S/c1-9-12(17)8-23(21-9)10(2)15-22-24-14(19-20-16(24)25-15)7-11-5-3-4-6-13(11)18/h3-6,8,10H,7H2,1-2H3. The number of nitrogens with zero attached hydrogens (tertiary/aromatic N) is 6. The zero-order chi connectivity index (χ0) is 17.6. The van der Waals surface area contributed by atoms with Gasteiger partial charge in [-0.3, -0.25) is 4.68 Å². The van der Waals surface area contributed by atoms with Crippen molar-refractivity contribution >= 4 is 43.8 Å². The lowest BCUT2D eigenvalue weighted by molar-refractivity contribution is 0.550. The predicted octanol–water partition coefficient (Wildman–Crippen LogP) is 4.31. The van der Waals surface area contributed by atoms with Crippen molar-refractivity contribution in [1.82, 2.24) is 29.6 Å². The molecule has 0 spiro atoms. The summed E-state index contributed by atoms with van der Waals surface area (Å²) < 4.78 is 4.69. The molecule has 0 radical (unpaired) electrons. The van der Waals surface area contributed by atoms with Crippen LogP contribution in [0.2, 0.25) is 5.02 Å². The molecule has 128 valence electrons. The lowest BCUT2D eigenvalue weighted by atomic mass is 10.1. The largest absolute Gasteiger partial charge is 0.262 e. The van der Waals surface area contributed by atoms with E-state index in [1.807, 2.05) is 42.1 Å². The van der Waals surface area contributed by atoms with Gasteiger partial charge in [0.25, 0.3) is 0 Å². The predicted molar refractivity (Wildman–Crippen MR) is 101 cm³/mol.